The Bertz CT molecular complexity index is 1040. The fourth-order valence-electron chi connectivity index (χ4n) is 3.76. The molecule has 3 heterocycles. The lowest BCUT2D eigenvalue weighted by molar-refractivity contribution is 0.394. The molecule has 0 aliphatic carbocycles. The van der Waals surface area contributed by atoms with E-state index in [9.17, 15) is 0 Å². The van der Waals surface area contributed by atoms with E-state index >= 15 is 0 Å². The summed E-state index contributed by atoms with van der Waals surface area (Å²) in [5, 5.41) is 11.2. The quantitative estimate of drug-likeness (QED) is 0.260. The number of aliphatic imine (C=N–C) groups is 1. The van der Waals surface area contributed by atoms with Gasteiger partial charge in [0.15, 0.2) is 11.8 Å². The van der Waals surface area contributed by atoms with Gasteiger partial charge in [0.2, 0.25) is 0 Å². The first-order valence-corrected chi connectivity index (χ1v) is 10.6. The molecular weight excluding hydrogens is 533 g/mol. The normalized spacial score (nSPS) is 15.7. The monoisotopic (exact) mass is 563 g/mol. The highest BCUT2D eigenvalue weighted by atomic mass is 127. The molecule has 0 amide bonds. The molecule has 1 fully saturated rings. The van der Waals surface area contributed by atoms with Crippen molar-refractivity contribution in [3.05, 3.63) is 60.6 Å². The van der Waals surface area contributed by atoms with Crippen LogP contribution in [0.4, 0.5) is 5.69 Å². The molecule has 1 unspecified atom stereocenters. The number of methoxy groups -OCH3 is 2. The summed E-state index contributed by atoms with van der Waals surface area (Å²) < 4.78 is 12.6. The van der Waals surface area contributed by atoms with Crippen molar-refractivity contribution in [3.63, 3.8) is 0 Å². The maximum absolute atomic E-state index is 5.41. The van der Waals surface area contributed by atoms with Crippen LogP contribution < -0.4 is 25.0 Å². The van der Waals surface area contributed by atoms with Gasteiger partial charge in [0, 0.05) is 75.2 Å². The van der Waals surface area contributed by atoms with E-state index < -0.39 is 0 Å². The first kappa shape index (κ1) is 24.6. The van der Waals surface area contributed by atoms with Gasteiger partial charge in [-0.2, -0.15) is 5.10 Å². The highest BCUT2D eigenvalue weighted by molar-refractivity contribution is 14.0. The summed E-state index contributed by atoms with van der Waals surface area (Å²) in [6.45, 7) is 2.46. The summed E-state index contributed by atoms with van der Waals surface area (Å²) in [7, 11) is 5.13. The topological polar surface area (TPSA) is 88.8 Å². The highest BCUT2D eigenvalue weighted by Gasteiger charge is 2.24. The number of anilines is 1. The average molecular weight is 563 g/mol. The third-order valence-corrected chi connectivity index (χ3v) is 5.46. The molecule has 176 valence electrons. The minimum atomic E-state index is 0. The van der Waals surface area contributed by atoms with E-state index in [1.54, 1.807) is 38.3 Å². The van der Waals surface area contributed by atoms with Gasteiger partial charge in [-0.05, 0) is 30.2 Å². The Balaban J connectivity index is 0.00000306. The van der Waals surface area contributed by atoms with Crippen molar-refractivity contribution in [2.24, 2.45) is 4.99 Å². The average Bonchev–Trinajstić information content (AvgIpc) is 3.54. The Kier molecular flexibility index (Phi) is 8.75. The molecule has 4 rings (SSSR count). The summed E-state index contributed by atoms with van der Waals surface area (Å²) in [6, 6.07) is 12.1. The summed E-state index contributed by atoms with van der Waals surface area (Å²) in [6.07, 6.45) is 6.43. The molecule has 9 nitrogen and oxygen atoms in total. The molecule has 1 aromatic carbocycles. The number of ether oxygens (including phenoxy) is 2. The number of pyridine rings is 1. The van der Waals surface area contributed by atoms with Crippen molar-refractivity contribution in [2.45, 2.75) is 19.0 Å². The van der Waals surface area contributed by atoms with E-state index in [1.165, 1.54) is 0 Å². The maximum atomic E-state index is 5.41. The number of hydrogen-bond donors (Lipinski definition) is 2. The number of aromatic nitrogens is 3. The van der Waals surface area contributed by atoms with Gasteiger partial charge in [0.1, 0.15) is 11.5 Å². The number of nitrogens with zero attached hydrogens (tertiary/aromatic N) is 5. The zero-order valence-electron chi connectivity index (χ0n) is 19.1. The molecule has 2 aromatic heterocycles. The third-order valence-electron chi connectivity index (χ3n) is 5.46. The van der Waals surface area contributed by atoms with E-state index in [1.807, 2.05) is 42.6 Å². The van der Waals surface area contributed by atoms with Crippen molar-refractivity contribution in [2.75, 3.05) is 39.3 Å². The maximum Gasteiger partial charge on any atom is 0.191 e. The molecular formula is C23H30IN7O2. The third kappa shape index (κ3) is 6.28. The fourth-order valence-corrected chi connectivity index (χ4v) is 3.76. The van der Waals surface area contributed by atoms with E-state index in [2.05, 4.69) is 30.6 Å². The predicted octanol–water partition coefficient (Wildman–Crippen LogP) is 2.85. The Hall–Kier alpha value is -3.02. The Morgan fingerprint density at radius 2 is 1.94 bits per heavy atom. The Labute approximate surface area is 211 Å². The molecule has 3 aromatic rings. The van der Waals surface area contributed by atoms with E-state index in [4.69, 9.17) is 9.47 Å². The molecule has 1 aliphatic rings. The van der Waals surface area contributed by atoms with Crippen molar-refractivity contribution < 1.29 is 9.47 Å². The SMILES string of the molecule is CN=C(NCc1ccnc(-n2cccn2)c1)NC1CCN(c2cc(OC)cc(OC)c2)C1.I. The molecule has 0 radical (unpaired) electrons. The van der Waals surface area contributed by atoms with Gasteiger partial charge in [-0.15, -0.1) is 24.0 Å². The smallest absolute Gasteiger partial charge is 0.191 e. The van der Waals surface area contributed by atoms with Crippen LogP contribution in [0.1, 0.15) is 12.0 Å². The van der Waals surface area contributed by atoms with Gasteiger partial charge < -0.3 is 25.0 Å². The van der Waals surface area contributed by atoms with Crippen LogP contribution in [0.15, 0.2) is 60.0 Å². The second kappa shape index (κ2) is 11.7. The summed E-state index contributed by atoms with van der Waals surface area (Å²) in [4.78, 5) is 11.1. The minimum absolute atomic E-state index is 0. The van der Waals surface area contributed by atoms with Crippen molar-refractivity contribution in [3.8, 4) is 17.3 Å². The summed E-state index contributed by atoms with van der Waals surface area (Å²) >= 11 is 0. The van der Waals surface area contributed by atoms with Crippen LogP contribution in [-0.2, 0) is 6.54 Å². The van der Waals surface area contributed by atoms with Gasteiger partial charge in [0.05, 0.1) is 14.2 Å². The first-order chi connectivity index (χ1) is 15.7. The predicted molar refractivity (Wildman–Crippen MR) is 140 cm³/mol. The number of halogens is 1. The van der Waals surface area contributed by atoms with Crippen LogP contribution >= 0.6 is 24.0 Å². The van der Waals surface area contributed by atoms with Crippen molar-refractivity contribution in [1.29, 1.82) is 0 Å². The van der Waals surface area contributed by atoms with Crippen molar-refractivity contribution >= 4 is 35.6 Å². The van der Waals surface area contributed by atoms with Gasteiger partial charge in [-0.1, -0.05) is 0 Å². The van der Waals surface area contributed by atoms with Gasteiger partial charge in [0.25, 0.3) is 0 Å². The minimum Gasteiger partial charge on any atom is -0.497 e. The van der Waals surface area contributed by atoms with E-state index in [-0.39, 0.29) is 30.0 Å². The van der Waals surface area contributed by atoms with Crippen LogP contribution in [0, 0.1) is 0 Å². The fraction of sp³-hybridized carbons (Fsp3) is 0.348. The Morgan fingerprint density at radius 3 is 2.61 bits per heavy atom. The van der Waals surface area contributed by atoms with Crippen LogP contribution in [0.25, 0.3) is 5.82 Å². The lowest BCUT2D eigenvalue weighted by Crippen LogP contribution is -2.44. The molecule has 0 saturated carbocycles. The number of guanidine groups is 1. The van der Waals surface area contributed by atoms with Gasteiger partial charge >= 0.3 is 0 Å². The molecule has 10 heteroatoms. The lowest BCUT2D eigenvalue weighted by atomic mass is 10.2. The molecule has 33 heavy (non-hydrogen) atoms. The number of nitrogens with one attached hydrogen (secondary N) is 2. The van der Waals surface area contributed by atoms with Crippen molar-refractivity contribution in [1.82, 2.24) is 25.4 Å². The van der Waals surface area contributed by atoms with Crippen LogP contribution in [0.3, 0.4) is 0 Å². The summed E-state index contributed by atoms with van der Waals surface area (Å²) in [5.41, 5.74) is 2.20. The zero-order valence-corrected chi connectivity index (χ0v) is 21.4. The van der Waals surface area contributed by atoms with Gasteiger partial charge in [-0.25, -0.2) is 9.67 Å². The highest BCUT2D eigenvalue weighted by Crippen LogP contribution is 2.30. The standard InChI is InChI=1S/C23H29N7O2.HI/c1-24-23(26-15-17-5-8-25-22(11-17)30-9-4-7-27-30)28-18-6-10-29(16-18)19-12-20(31-2)14-21(13-19)32-3;/h4-5,7-9,11-14,18H,6,10,15-16H2,1-3H3,(H2,24,26,28);1H. The first-order valence-electron chi connectivity index (χ1n) is 10.6. The zero-order chi connectivity index (χ0) is 22.3. The molecule has 0 bridgehead atoms. The number of rotatable bonds is 7. The van der Waals surface area contributed by atoms with E-state index in [0.29, 0.717) is 6.54 Å². The number of benzene rings is 1. The summed E-state index contributed by atoms with van der Waals surface area (Å²) in [5.74, 6) is 3.15. The van der Waals surface area contributed by atoms with Crippen LogP contribution in [0.2, 0.25) is 0 Å². The molecule has 1 saturated heterocycles. The largest absolute Gasteiger partial charge is 0.497 e. The molecule has 0 spiro atoms. The molecule has 2 N–H and O–H groups in total. The van der Waals surface area contributed by atoms with Crippen LogP contribution in [-0.4, -0.2) is 61.1 Å². The Morgan fingerprint density at radius 1 is 1.15 bits per heavy atom. The lowest BCUT2D eigenvalue weighted by Gasteiger charge is -2.21. The second-order valence-electron chi connectivity index (χ2n) is 7.55. The molecule has 1 atom stereocenters. The number of hydrogen-bond acceptors (Lipinski definition) is 6. The van der Waals surface area contributed by atoms with Gasteiger partial charge in [-0.3, -0.25) is 4.99 Å². The molecule has 1 aliphatic heterocycles. The van der Waals surface area contributed by atoms with Crippen LogP contribution in [0.5, 0.6) is 11.5 Å². The second-order valence-corrected chi connectivity index (χ2v) is 7.55. The van der Waals surface area contributed by atoms with E-state index in [0.717, 1.165) is 54.0 Å².